The lowest BCUT2D eigenvalue weighted by molar-refractivity contribution is -0.385. The van der Waals surface area contributed by atoms with Crippen LogP contribution in [0.5, 0.6) is 0 Å². The minimum absolute atomic E-state index is 0.0825. The third-order valence-corrected chi connectivity index (χ3v) is 5.20. The van der Waals surface area contributed by atoms with E-state index in [1.54, 1.807) is 4.90 Å². The number of ether oxygens (including phenoxy) is 1. The lowest BCUT2D eigenvalue weighted by Crippen LogP contribution is -2.44. The first-order valence-corrected chi connectivity index (χ1v) is 9.44. The Balaban J connectivity index is 1.94. The van der Waals surface area contributed by atoms with Gasteiger partial charge in [0, 0.05) is 24.9 Å². The Kier molecular flexibility index (Phi) is 6.10. The molecule has 2 heterocycles. The SMILES string of the molecule is CC(C)(C)OC(=O)N1CCC[C@H](C[S@](=O)c2ccc([N+](=O)[O-])cn2)C1. The average molecular weight is 369 g/mol. The van der Waals surface area contributed by atoms with Crippen LogP contribution >= 0.6 is 0 Å². The number of aromatic nitrogens is 1. The third-order valence-electron chi connectivity index (χ3n) is 3.72. The van der Waals surface area contributed by atoms with E-state index in [1.165, 1.54) is 12.1 Å². The number of carbonyl (C=O) groups is 1. The summed E-state index contributed by atoms with van der Waals surface area (Å²) in [6, 6.07) is 2.72. The highest BCUT2D eigenvalue weighted by molar-refractivity contribution is 7.84. The van der Waals surface area contributed by atoms with Gasteiger partial charge in [0.1, 0.15) is 16.8 Å². The Labute approximate surface area is 149 Å². The van der Waals surface area contributed by atoms with Crippen LogP contribution in [-0.4, -0.2) is 49.6 Å². The maximum Gasteiger partial charge on any atom is 0.410 e. The van der Waals surface area contributed by atoms with Crippen molar-refractivity contribution in [1.29, 1.82) is 0 Å². The predicted octanol–water partition coefficient (Wildman–Crippen LogP) is 2.74. The van der Waals surface area contributed by atoms with Gasteiger partial charge >= 0.3 is 6.09 Å². The highest BCUT2D eigenvalue weighted by atomic mass is 32.2. The third kappa shape index (κ3) is 5.77. The minimum atomic E-state index is -1.36. The number of hydrogen-bond acceptors (Lipinski definition) is 6. The molecule has 1 aromatic rings. The summed E-state index contributed by atoms with van der Waals surface area (Å²) in [4.78, 5) is 27.8. The van der Waals surface area contributed by atoms with Gasteiger partial charge in [-0.05, 0) is 45.6 Å². The molecule has 0 aromatic carbocycles. The van der Waals surface area contributed by atoms with Crippen LogP contribution in [0.3, 0.4) is 0 Å². The minimum Gasteiger partial charge on any atom is -0.444 e. The first kappa shape index (κ1) is 19.3. The van der Waals surface area contributed by atoms with E-state index in [9.17, 15) is 19.1 Å². The van der Waals surface area contributed by atoms with Crippen molar-refractivity contribution in [3.63, 3.8) is 0 Å². The van der Waals surface area contributed by atoms with E-state index in [4.69, 9.17) is 4.74 Å². The number of amides is 1. The van der Waals surface area contributed by atoms with Gasteiger partial charge in [-0.1, -0.05) is 0 Å². The first-order chi connectivity index (χ1) is 11.7. The fourth-order valence-electron chi connectivity index (χ4n) is 2.61. The summed E-state index contributed by atoms with van der Waals surface area (Å²) in [5, 5.41) is 11.0. The standard InChI is InChI=1S/C16H23N3O5S/c1-16(2,3)24-15(20)18-8-4-5-12(10-18)11-25(23)14-7-6-13(9-17-14)19(21)22/h6-7,9,12H,4-5,8,10-11H2,1-3H3/t12-,25-/m0/s1. The molecule has 0 N–H and O–H groups in total. The van der Waals surface area contributed by atoms with Gasteiger partial charge in [-0.2, -0.15) is 0 Å². The van der Waals surface area contributed by atoms with Crippen LogP contribution < -0.4 is 0 Å². The molecule has 2 atom stereocenters. The molecule has 0 radical (unpaired) electrons. The molecular weight excluding hydrogens is 346 g/mol. The van der Waals surface area contributed by atoms with E-state index in [-0.39, 0.29) is 17.7 Å². The van der Waals surface area contributed by atoms with Crippen molar-refractivity contribution in [2.75, 3.05) is 18.8 Å². The molecule has 1 aliphatic heterocycles. The van der Waals surface area contributed by atoms with Crippen molar-refractivity contribution in [3.8, 4) is 0 Å². The molecule has 25 heavy (non-hydrogen) atoms. The van der Waals surface area contributed by atoms with Crippen LogP contribution in [0.1, 0.15) is 33.6 Å². The Morgan fingerprint density at radius 1 is 1.48 bits per heavy atom. The number of carbonyl (C=O) groups excluding carboxylic acids is 1. The molecule has 0 saturated carbocycles. The number of nitro groups is 1. The molecule has 8 nitrogen and oxygen atoms in total. The molecule has 2 rings (SSSR count). The van der Waals surface area contributed by atoms with Gasteiger partial charge in [-0.15, -0.1) is 0 Å². The fraction of sp³-hybridized carbons (Fsp3) is 0.625. The van der Waals surface area contributed by atoms with Crippen LogP contribution in [0, 0.1) is 16.0 Å². The maximum atomic E-state index is 12.4. The Morgan fingerprint density at radius 2 is 2.20 bits per heavy atom. The van der Waals surface area contributed by atoms with E-state index >= 15 is 0 Å². The molecule has 1 aromatic heterocycles. The summed E-state index contributed by atoms with van der Waals surface area (Å²) in [5.41, 5.74) is -0.676. The van der Waals surface area contributed by atoms with Crippen molar-refractivity contribution < 1.29 is 18.7 Å². The maximum absolute atomic E-state index is 12.4. The fourth-order valence-corrected chi connectivity index (χ4v) is 3.87. The van der Waals surface area contributed by atoms with E-state index in [0.29, 0.717) is 23.9 Å². The number of likely N-dealkylation sites (tertiary alicyclic amines) is 1. The van der Waals surface area contributed by atoms with Crippen molar-refractivity contribution in [1.82, 2.24) is 9.88 Å². The Bertz CT molecular complexity index is 657. The van der Waals surface area contributed by atoms with Gasteiger partial charge < -0.3 is 9.64 Å². The van der Waals surface area contributed by atoms with Gasteiger partial charge in [0.2, 0.25) is 0 Å². The Morgan fingerprint density at radius 3 is 2.76 bits per heavy atom. The van der Waals surface area contributed by atoms with Crippen LogP contribution in [0.2, 0.25) is 0 Å². The van der Waals surface area contributed by atoms with Gasteiger partial charge in [0.05, 0.1) is 15.7 Å². The lowest BCUT2D eigenvalue weighted by Gasteiger charge is -2.33. The predicted molar refractivity (Wildman–Crippen MR) is 92.7 cm³/mol. The molecule has 9 heteroatoms. The smallest absolute Gasteiger partial charge is 0.410 e. The summed E-state index contributed by atoms with van der Waals surface area (Å²) < 4.78 is 17.8. The zero-order valence-corrected chi connectivity index (χ0v) is 15.5. The molecule has 0 bridgehead atoms. The number of piperidine rings is 1. The first-order valence-electron chi connectivity index (χ1n) is 8.12. The summed E-state index contributed by atoms with van der Waals surface area (Å²) in [5.74, 6) is 0.448. The van der Waals surface area contributed by atoms with Crippen molar-refractivity contribution in [2.45, 2.75) is 44.2 Å². The van der Waals surface area contributed by atoms with Crippen molar-refractivity contribution in [2.24, 2.45) is 5.92 Å². The topological polar surface area (TPSA) is 103 Å². The largest absolute Gasteiger partial charge is 0.444 e. The van der Waals surface area contributed by atoms with Gasteiger partial charge in [-0.3, -0.25) is 14.3 Å². The molecule has 1 aliphatic rings. The van der Waals surface area contributed by atoms with E-state index in [0.717, 1.165) is 19.0 Å². The van der Waals surface area contributed by atoms with Crippen LogP contribution in [0.25, 0.3) is 0 Å². The second-order valence-corrected chi connectivity index (χ2v) is 8.50. The summed E-state index contributed by atoms with van der Waals surface area (Å²) in [6.07, 6.45) is 2.46. The molecule has 0 spiro atoms. The highest BCUT2D eigenvalue weighted by Gasteiger charge is 2.28. The van der Waals surface area contributed by atoms with Crippen molar-refractivity contribution >= 4 is 22.6 Å². The van der Waals surface area contributed by atoms with Crippen LogP contribution in [0.15, 0.2) is 23.4 Å². The number of nitrogens with zero attached hydrogens (tertiary/aromatic N) is 3. The number of pyridine rings is 1. The average Bonchev–Trinajstić information content (AvgIpc) is 2.53. The van der Waals surface area contributed by atoms with Gasteiger partial charge in [0.15, 0.2) is 0 Å². The van der Waals surface area contributed by atoms with E-state index in [1.807, 2.05) is 20.8 Å². The molecule has 138 valence electrons. The summed E-state index contributed by atoms with van der Waals surface area (Å²) >= 11 is 0. The monoisotopic (exact) mass is 369 g/mol. The highest BCUT2D eigenvalue weighted by Crippen LogP contribution is 2.22. The lowest BCUT2D eigenvalue weighted by atomic mass is 10.0. The Hall–Kier alpha value is -2.03. The summed E-state index contributed by atoms with van der Waals surface area (Å²) in [6.45, 7) is 6.59. The van der Waals surface area contributed by atoms with E-state index in [2.05, 4.69) is 4.98 Å². The van der Waals surface area contributed by atoms with Crippen LogP contribution in [-0.2, 0) is 15.5 Å². The molecule has 1 fully saturated rings. The molecule has 0 unspecified atom stereocenters. The zero-order valence-electron chi connectivity index (χ0n) is 14.6. The summed E-state index contributed by atoms with van der Waals surface area (Å²) in [7, 11) is -1.36. The van der Waals surface area contributed by atoms with Crippen LogP contribution in [0.4, 0.5) is 10.5 Å². The van der Waals surface area contributed by atoms with Crippen molar-refractivity contribution in [3.05, 3.63) is 28.4 Å². The molecule has 1 saturated heterocycles. The quantitative estimate of drug-likeness (QED) is 0.597. The second-order valence-electron chi connectivity index (χ2n) is 7.06. The normalized spacial score (nSPS) is 19.3. The number of hydrogen-bond donors (Lipinski definition) is 0. The second kappa shape index (κ2) is 7.90. The molecule has 1 amide bonds. The molecular formula is C16H23N3O5S. The molecule has 0 aliphatic carbocycles. The van der Waals surface area contributed by atoms with Gasteiger partial charge in [0.25, 0.3) is 5.69 Å². The zero-order chi connectivity index (χ0) is 18.6. The van der Waals surface area contributed by atoms with Gasteiger partial charge in [-0.25, -0.2) is 9.78 Å². The number of rotatable bonds is 4. The van der Waals surface area contributed by atoms with E-state index < -0.39 is 21.3 Å².